The van der Waals surface area contributed by atoms with Gasteiger partial charge >= 0.3 is 5.97 Å². The lowest BCUT2D eigenvalue weighted by molar-refractivity contribution is -0.145. The van der Waals surface area contributed by atoms with Crippen LogP contribution in [0.1, 0.15) is 66.7 Å². The third-order valence-electron chi connectivity index (χ3n) is 7.82. The summed E-state index contributed by atoms with van der Waals surface area (Å²) in [5.41, 5.74) is 0.607. The van der Waals surface area contributed by atoms with Crippen molar-refractivity contribution >= 4 is 11.9 Å². The molecule has 1 saturated carbocycles. The third-order valence-corrected chi connectivity index (χ3v) is 7.82. The van der Waals surface area contributed by atoms with E-state index in [1.54, 1.807) is 13.0 Å². The number of ether oxygens (including phenoxy) is 4. The van der Waals surface area contributed by atoms with Gasteiger partial charge in [0, 0.05) is 19.4 Å². The standard InChI is InChI=1S/C28H41NO7/c1-17(7-10-24-26(32)28(16-33-28)15-27(36-24)12-13-27)6-9-23-18(2)14-22(20(4)35-23)29-25(31)11-8-19(3)34-21(5)30/h6-8,10-11,18-20,22-24,26,32H,9,12-16H2,1-5H3,(H,29,31)/b10-7+,11-8-,17-6+/t18-,19-,20+,22+,23-,24+,26+,28+/m0/s1. The summed E-state index contributed by atoms with van der Waals surface area (Å²) in [6, 6.07) is -0.0842. The first kappa shape index (κ1) is 27.0. The molecule has 2 spiro atoms. The van der Waals surface area contributed by atoms with Crippen LogP contribution in [0.5, 0.6) is 0 Å². The molecule has 8 nitrogen and oxygen atoms in total. The van der Waals surface area contributed by atoms with Crippen LogP contribution in [0.2, 0.25) is 0 Å². The van der Waals surface area contributed by atoms with Crippen LogP contribution in [0.15, 0.2) is 36.0 Å². The lowest BCUT2D eigenvalue weighted by Gasteiger charge is -2.39. The van der Waals surface area contributed by atoms with Gasteiger partial charge in [-0.3, -0.25) is 9.59 Å². The molecule has 0 bridgehead atoms. The minimum Gasteiger partial charge on any atom is -0.459 e. The molecule has 1 aliphatic carbocycles. The van der Waals surface area contributed by atoms with E-state index in [0.717, 1.165) is 37.7 Å². The molecule has 4 aliphatic rings. The summed E-state index contributed by atoms with van der Waals surface area (Å²) in [6.45, 7) is 9.85. The minimum atomic E-state index is -0.623. The van der Waals surface area contributed by atoms with Gasteiger partial charge in [-0.15, -0.1) is 0 Å². The number of hydrogen-bond acceptors (Lipinski definition) is 7. The second-order valence-corrected chi connectivity index (χ2v) is 11.2. The van der Waals surface area contributed by atoms with E-state index in [4.69, 9.17) is 18.9 Å². The Morgan fingerprint density at radius 3 is 2.58 bits per heavy atom. The van der Waals surface area contributed by atoms with E-state index in [9.17, 15) is 14.7 Å². The Kier molecular flexibility index (Phi) is 8.10. The molecule has 1 amide bonds. The lowest BCUT2D eigenvalue weighted by atomic mass is 9.87. The molecule has 0 aromatic carbocycles. The molecule has 36 heavy (non-hydrogen) atoms. The van der Waals surface area contributed by atoms with Crippen molar-refractivity contribution in [2.45, 2.75) is 114 Å². The molecule has 0 aromatic heterocycles. The Labute approximate surface area is 214 Å². The summed E-state index contributed by atoms with van der Waals surface area (Å²) in [5, 5.41) is 13.7. The molecule has 3 heterocycles. The number of carbonyl (C=O) groups excluding carboxylic acids is 2. The number of allylic oxidation sites excluding steroid dienone is 2. The predicted molar refractivity (Wildman–Crippen MR) is 134 cm³/mol. The zero-order valence-electron chi connectivity index (χ0n) is 22.1. The summed E-state index contributed by atoms with van der Waals surface area (Å²) in [5.74, 6) is -0.331. The normalized spacial score (nSPS) is 38.4. The molecule has 200 valence electrons. The topological polar surface area (TPSA) is 107 Å². The maximum atomic E-state index is 12.3. The van der Waals surface area contributed by atoms with Gasteiger partial charge in [0.1, 0.15) is 23.9 Å². The first-order valence-corrected chi connectivity index (χ1v) is 13.2. The Morgan fingerprint density at radius 1 is 1.22 bits per heavy atom. The van der Waals surface area contributed by atoms with Crippen LogP contribution < -0.4 is 5.32 Å². The van der Waals surface area contributed by atoms with E-state index in [1.807, 2.05) is 26.0 Å². The Hall–Kier alpha value is -2.00. The van der Waals surface area contributed by atoms with Crippen molar-refractivity contribution in [3.63, 3.8) is 0 Å². The highest BCUT2D eigenvalue weighted by molar-refractivity contribution is 5.87. The molecule has 4 fully saturated rings. The summed E-state index contributed by atoms with van der Waals surface area (Å²) in [6.07, 6.45) is 12.1. The van der Waals surface area contributed by atoms with Crippen LogP contribution in [-0.2, 0) is 28.5 Å². The van der Waals surface area contributed by atoms with Crippen molar-refractivity contribution in [3.8, 4) is 0 Å². The van der Waals surface area contributed by atoms with Gasteiger partial charge in [-0.05, 0) is 58.4 Å². The average molecular weight is 504 g/mol. The van der Waals surface area contributed by atoms with Gasteiger partial charge in [0.25, 0.3) is 0 Å². The lowest BCUT2D eigenvalue weighted by Crippen LogP contribution is -2.51. The molecular formula is C28H41NO7. The molecule has 0 aromatic rings. The van der Waals surface area contributed by atoms with E-state index >= 15 is 0 Å². The first-order valence-electron chi connectivity index (χ1n) is 13.2. The fourth-order valence-electron chi connectivity index (χ4n) is 5.37. The van der Waals surface area contributed by atoms with Gasteiger partial charge in [0.05, 0.1) is 30.5 Å². The number of rotatable bonds is 8. The van der Waals surface area contributed by atoms with Gasteiger partial charge in [-0.1, -0.05) is 30.7 Å². The van der Waals surface area contributed by atoms with Crippen LogP contribution in [0.4, 0.5) is 0 Å². The smallest absolute Gasteiger partial charge is 0.303 e. The van der Waals surface area contributed by atoms with Crippen molar-refractivity contribution in [2.24, 2.45) is 5.92 Å². The zero-order chi connectivity index (χ0) is 26.1. The fourth-order valence-corrected chi connectivity index (χ4v) is 5.37. The number of nitrogens with one attached hydrogen (secondary N) is 1. The van der Waals surface area contributed by atoms with Crippen LogP contribution in [0.25, 0.3) is 0 Å². The number of amides is 1. The van der Waals surface area contributed by atoms with Crippen molar-refractivity contribution in [1.82, 2.24) is 5.32 Å². The van der Waals surface area contributed by atoms with Crippen molar-refractivity contribution < 1.29 is 33.6 Å². The summed E-state index contributed by atoms with van der Waals surface area (Å²) < 4.78 is 23.1. The van der Waals surface area contributed by atoms with E-state index in [2.05, 4.69) is 18.3 Å². The highest BCUT2D eigenvalue weighted by Gasteiger charge is 2.65. The maximum absolute atomic E-state index is 12.3. The Balaban J connectivity index is 1.25. The van der Waals surface area contributed by atoms with Crippen molar-refractivity contribution in [3.05, 3.63) is 36.0 Å². The summed E-state index contributed by atoms with van der Waals surface area (Å²) in [7, 11) is 0. The molecule has 8 heteroatoms. The van der Waals surface area contributed by atoms with E-state index in [1.165, 1.54) is 13.0 Å². The average Bonchev–Trinajstić information content (AvgIpc) is 3.74. The monoisotopic (exact) mass is 503 g/mol. The number of hydrogen-bond donors (Lipinski definition) is 2. The number of epoxide rings is 1. The molecule has 3 aliphatic heterocycles. The predicted octanol–water partition coefficient (Wildman–Crippen LogP) is 3.14. The van der Waals surface area contributed by atoms with Gasteiger partial charge < -0.3 is 29.4 Å². The molecule has 2 N–H and O–H groups in total. The first-order chi connectivity index (χ1) is 17.0. The summed E-state index contributed by atoms with van der Waals surface area (Å²) >= 11 is 0. The van der Waals surface area contributed by atoms with Crippen LogP contribution in [-0.4, -0.2) is 71.4 Å². The number of esters is 1. The van der Waals surface area contributed by atoms with E-state index in [0.29, 0.717) is 6.61 Å². The largest absolute Gasteiger partial charge is 0.459 e. The summed E-state index contributed by atoms with van der Waals surface area (Å²) in [4.78, 5) is 23.3. The molecule has 8 atom stereocenters. The van der Waals surface area contributed by atoms with Crippen molar-refractivity contribution in [1.29, 1.82) is 0 Å². The number of aliphatic hydroxyl groups excluding tert-OH is 1. The molecule has 0 radical (unpaired) electrons. The zero-order valence-corrected chi connectivity index (χ0v) is 22.1. The van der Waals surface area contributed by atoms with Gasteiger partial charge in [-0.25, -0.2) is 0 Å². The highest BCUT2D eigenvalue weighted by Crippen LogP contribution is 2.56. The molecule has 3 saturated heterocycles. The fraction of sp³-hybridized carbons (Fsp3) is 0.714. The van der Waals surface area contributed by atoms with Crippen LogP contribution >= 0.6 is 0 Å². The third kappa shape index (κ3) is 6.65. The van der Waals surface area contributed by atoms with E-state index < -0.39 is 17.8 Å². The Morgan fingerprint density at radius 2 is 1.94 bits per heavy atom. The second-order valence-electron chi connectivity index (χ2n) is 11.2. The van der Waals surface area contributed by atoms with Gasteiger partial charge in [0.2, 0.25) is 5.91 Å². The van der Waals surface area contributed by atoms with Crippen molar-refractivity contribution in [2.75, 3.05) is 6.61 Å². The highest BCUT2D eigenvalue weighted by atomic mass is 16.6. The van der Waals surface area contributed by atoms with Crippen LogP contribution in [0, 0.1) is 5.92 Å². The van der Waals surface area contributed by atoms with Crippen LogP contribution in [0.3, 0.4) is 0 Å². The number of aliphatic hydroxyl groups is 1. The molecule has 0 unspecified atom stereocenters. The maximum Gasteiger partial charge on any atom is 0.303 e. The Bertz CT molecular complexity index is 917. The van der Waals surface area contributed by atoms with E-state index in [-0.39, 0.29) is 47.7 Å². The molecular weight excluding hydrogens is 462 g/mol. The number of carbonyl (C=O) groups is 2. The second kappa shape index (κ2) is 10.8. The quantitative estimate of drug-likeness (QED) is 0.227. The SMILES string of the molecule is CC(=O)O[C@@H](C)/C=C\C(=O)N[C@@H]1C[C@H](C)[C@H](C/C=C(C)/C=C/[C@H]2OC3(CC3)C[C@@]3(CO3)[C@@H]2O)O[C@@H]1C. The van der Waals surface area contributed by atoms with Gasteiger partial charge in [0.15, 0.2) is 0 Å². The van der Waals surface area contributed by atoms with Gasteiger partial charge in [-0.2, -0.15) is 0 Å². The molecule has 4 rings (SSSR count). The minimum absolute atomic E-state index is 0.0606.